The van der Waals surface area contributed by atoms with Gasteiger partial charge in [0.2, 0.25) is 5.95 Å². The third kappa shape index (κ3) is 3.46. The number of imidazole rings is 1. The standard InChI is InChI=1S/C24H20N6O/c1-15-21-18(13-19(16-9-5-3-6-10-16)26-22(21)30(2)29-15)23(31)28-24-25-14-20(27-24)17-11-7-4-8-12-17/h3-14H,1-2H3,(H2,25,27,28,31). The van der Waals surface area contributed by atoms with Crippen LogP contribution in [-0.2, 0) is 7.05 Å². The Balaban J connectivity index is 1.55. The number of fused-ring (bicyclic) bond motifs is 1. The highest BCUT2D eigenvalue weighted by molar-refractivity contribution is 6.12. The molecule has 0 bridgehead atoms. The molecule has 0 aliphatic heterocycles. The summed E-state index contributed by atoms with van der Waals surface area (Å²) < 4.78 is 1.70. The van der Waals surface area contributed by atoms with Crippen LogP contribution in [0.1, 0.15) is 16.1 Å². The number of carbonyl (C=O) groups is 1. The molecule has 0 spiro atoms. The molecule has 0 aliphatic carbocycles. The van der Waals surface area contributed by atoms with Gasteiger partial charge in [-0.1, -0.05) is 60.7 Å². The van der Waals surface area contributed by atoms with Crippen molar-refractivity contribution in [3.8, 4) is 22.5 Å². The number of anilines is 1. The monoisotopic (exact) mass is 408 g/mol. The number of benzene rings is 2. The van der Waals surface area contributed by atoms with Crippen molar-refractivity contribution in [3.63, 3.8) is 0 Å². The van der Waals surface area contributed by atoms with Crippen LogP contribution < -0.4 is 5.32 Å². The van der Waals surface area contributed by atoms with Crippen molar-refractivity contribution in [2.24, 2.45) is 7.05 Å². The predicted molar refractivity (Wildman–Crippen MR) is 121 cm³/mol. The largest absolute Gasteiger partial charge is 0.324 e. The van der Waals surface area contributed by atoms with Gasteiger partial charge in [0.15, 0.2) is 5.65 Å². The van der Waals surface area contributed by atoms with Crippen LogP contribution >= 0.6 is 0 Å². The predicted octanol–water partition coefficient (Wildman–Crippen LogP) is 4.59. The lowest BCUT2D eigenvalue weighted by atomic mass is 10.1. The van der Waals surface area contributed by atoms with Crippen LogP contribution in [0.3, 0.4) is 0 Å². The number of aromatic amines is 1. The minimum Gasteiger partial charge on any atom is -0.324 e. The number of hydrogen-bond donors (Lipinski definition) is 2. The molecule has 0 unspecified atom stereocenters. The van der Waals surface area contributed by atoms with Gasteiger partial charge in [-0.25, -0.2) is 9.97 Å². The van der Waals surface area contributed by atoms with Crippen molar-refractivity contribution in [1.29, 1.82) is 0 Å². The molecular weight excluding hydrogens is 388 g/mol. The molecule has 3 aromatic heterocycles. The van der Waals surface area contributed by atoms with Crippen molar-refractivity contribution in [1.82, 2.24) is 24.7 Å². The maximum absolute atomic E-state index is 13.3. The molecule has 0 radical (unpaired) electrons. The lowest BCUT2D eigenvalue weighted by Crippen LogP contribution is -2.14. The van der Waals surface area contributed by atoms with E-state index in [1.807, 2.05) is 80.7 Å². The summed E-state index contributed by atoms with van der Waals surface area (Å²) in [5, 5.41) is 8.09. The molecule has 1 amide bonds. The first kappa shape index (κ1) is 18.7. The smallest absolute Gasteiger partial charge is 0.258 e. The maximum atomic E-state index is 13.3. The van der Waals surface area contributed by atoms with E-state index in [1.54, 1.807) is 10.9 Å². The SMILES string of the molecule is Cc1nn(C)c2nc(-c3ccccc3)cc(C(=O)Nc3ncc(-c4ccccc4)[nH]3)c12. The van der Waals surface area contributed by atoms with Gasteiger partial charge < -0.3 is 4.98 Å². The molecule has 31 heavy (non-hydrogen) atoms. The normalized spacial score (nSPS) is 11.0. The Labute approximate surface area is 178 Å². The van der Waals surface area contributed by atoms with Crippen molar-refractivity contribution in [3.05, 3.63) is 84.2 Å². The molecule has 3 heterocycles. The zero-order valence-electron chi connectivity index (χ0n) is 17.1. The highest BCUT2D eigenvalue weighted by Gasteiger charge is 2.20. The molecule has 0 atom stereocenters. The summed E-state index contributed by atoms with van der Waals surface area (Å²) in [7, 11) is 1.83. The summed E-state index contributed by atoms with van der Waals surface area (Å²) >= 11 is 0. The lowest BCUT2D eigenvalue weighted by molar-refractivity contribution is 0.102. The molecule has 0 aliphatic rings. The number of aryl methyl sites for hydroxylation is 2. The molecule has 2 N–H and O–H groups in total. The topological polar surface area (TPSA) is 88.5 Å². The quantitative estimate of drug-likeness (QED) is 0.455. The van der Waals surface area contributed by atoms with Crippen molar-refractivity contribution in [2.45, 2.75) is 6.92 Å². The Bertz CT molecular complexity index is 1390. The van der Waals surface area contributed by atoms with Crippen LogP contribution in [0.15, 0.2) is 72.9 Å². The molecule has 5 aromatic rings. The first-order valence-corrected chi connectivity index (χ1v) is 9.91. The summed E-state index contributed by atoms with van der Waals surface area (Å²) in [6.45, 7) is 1.88. The summed E-state index contributed by atoms with van der Waals surface area (Å²) in [4.78, 5) is 25.5. The van der Waals surface area contributed by atoms with E-state index >= 15 is 0 Å². The number of carbonyl (C=O) groups excluding carboxylic acids is 1. The van der Waals surface area contributed by atoms with E-state index in [4.69, 9.17) is 4.98 Å². The number of nitrogens with one attached hydrogen (secondary N) is 2. The first-order valence-electron chi connectivity index (χ1n) is 9.91. The third-order valence-electron chi connectivity index (χ3n) is 5.18. The Kier molecular flexibility index (Phi) is 4.55. The van der Waals surface area contributed by atoms with E-state index in [1.165, 1.54) is 0 Å². The van der Waals surface area contributed by atoms with Gasteiger partial charge in [-0.2, -0.15) is 5.10 Å². The molecular formula is C24H20N6O. The van der Waals surface area contributed by atoms with Gasteiger partial charge in [0, 0.05) is 12.6 Å². The molecule has 0 fully saturated rings. The average Bonchev–Trinajstić information content (AvgIpc) is 3.38. The van der Waals surface area contributed by atoms with Crippen LogP contribution in [0.25, 0.3) is 33.5 Å². The summed E-state index contributed by atoms with van der Waals surface area (Å²) in [5.74, 6) is 0.117. The third-order valence-corrected chi connectivity index (χ3v) is 5.18. The van der Waals surface area contributed by atoms with Crippen LogP contribution in [0.4, 0.5) is 5.95 Å². The Morgan fingerprint density at radius 2 is 1.68 bits per heavy atom. The second-order valence-electron chi connectivity index (χ2n) is 7.29. The Hall–Kier alpha value is -4.26. The molecule has 0 saturated carbocycles. The van der Waals surface area contributed by atoms with E-state index in [9.17, 15) is 4.79 Å². The fraction of sp³-hybridized carbons (Fsp3) is 0.0833. The van der Waals surface area contributed by atoms with Gasteiger partial charge in [-0.05, 0) is 18.6 Å². The maximum Gasteiger partial charge on any atom is 0.258 e. The molecule has 152 valence electrons. The van der Waals surface area contributed by atoms with Gasteiger partial charge in [-0.15, -0.1) is 0 Å². The van der Waals surface area contributed by atoms with Gasteiger partial charge in [0.25, 0.3) is 5.91 Å². The van der Waals surface area contributed by atoms with Crippen molar-refractivity contribution >= 4 is 22.9 Å². The Morgan fingerprint density at radius 3 is 2.39 bits per heavy atom. The van der Waals surface area contributed by atoms with Gasteiger partial charge in [0.05, 0.1) is 34.2 Å². The van der Waals surface area contributed by atoms with E-state index < -0.39 is 0 Å². The number of pyridine rings is 1. The minimum absolute atomic E-state index is 0.269. The van der Waals surface area contributed by atoms with Crippen LogP contribution in [0.2, 0.25) is 0 Å². The molecule has 2 aromatic carbocycles. The van der Waals surface area contributed by atoms with E-state index in [0.717, 1.165) is 27.9 Å². The van der Waals surface area contributed by atoms with Gasteiger partial charge >= 0.3 is 0 Å². The molecule has 0 saturated heterocycles. The van der Waals surface area contributed by atoms with E-state index in [0.29, 0.717) is 22.9 Å². The van der Waals surface area contributed by atoms with Crippen LogP contribution in [0.5, 0.6) is 0 Å². The second-order valence-corrected chi connectivity index (χ2v) is 7.29. The van der Waals surface area contributed by atoms with Gasteiger partial charge in [-0.3, -0.25) is 14.8 Å². The zero-order chi connectivity index (χ0) is 21.4. The highest BCUT2D eigenvalue weighted by Crippen LogP contribution is 2.27. The molecule has 5 rings (SSSR count). The summed E-state index contributed by atoms with van der Waals surface area (Å²) in [5.41, 5.74) is 5.39. The molecule has 7 nitrogen and oxygen atoms in total. The fourth-order valence-electron chi connectivity index (χ4n) is 3.70. The number of H-pyrrole nitrogens is 1. The average molecular weight is 408 g/mol. The van der Waals surface area contributed by atoms with Crippen LogP contribution in [-0.4, -0.2) is 30.6 Å². The van der Waals surface area contributed by atoms with Crippen molar-refractivity contribution in [2.75, 3.05) is 5.32 Å². The summed E-state index contributed by atoms with van der Waals surface area (Å²) in [6.07, 6.45) is 1.71. The zero-order valence-corrected chi connectivity index (χ0v) is 17.1. The number of amides is 1. The number of aromatic nitrogens is 5. The highest BCUT2D eigenvalue weighted by atomic mass is 16.1. The van der Waals surface area contributed by atoms with Gasteiger partial charge in [0.1, 0.15) is 0 Å². The molecule has 7 heteroatoms. The Morgan fingerprint density at radius 1 is 1.00 bits per heavy atom. The second kappa shape index (κ2) is 7.53. The first-order chi connectivity index (χ1) is 15.1. The van der Waals surface area contributed by atoms with E-state index in [-0.39, 0.29) is 5.91 Å². The number of rotatable bonds is 4. The van der Waals surface area contributed by atoms with E-state index in [2.05, 4.69) is 20.4 Å². The lowest BCUT2D eigenvalue weighted by Gasteiger charge is -2.08. The number of hydrogen-bond acceptors (Lipinski definition) is 4. The minimum atomic E-state index is -0.269. The van der Waals surface area contributed by atoms with Crippen LogP contribution in [0, 0.1) is 6.92 Å². The van der Waals surface area contributed by atoms with Crippen molar-refractivity contribution < 1.29 is 4.79 Å². The summed E-state index contributed by atoms with van der Waals surface area (Å²) in [6, 6.07) is 21.4. The fourth-order valence-corrected chi connectivity index (χ4v) is 3.70. The number of nitrogens with zero attached hydrogens (tertiary/aromatic N) is 4.